The first-order chi connectivity index (χ1) is 20.6. The van der Waals surface area contributed by atoms with Gasteiger partial charge in [0.2, 0.25) is 0 Å². The van der Waals surface area contributed by atoms with Gasteiger partial charge < -0.3 is 15.0 Å². The number of nitrogens with one attached hydrogen (secondary N) is 1. The van der Waals surface area contributed by atoms with Gasteiger partial charge in [-0.05, 0) is 62.3 Å². The average Bonchev–Trinajstić information content (AvgIpc) is 3.70. The average molecular weight is 598 g/mol. The van der Waals surface area contributed by atoms with Crippen molar-refractivity contribution in [2.45, 2.75) is 96.6 Å². The number of fused-ring (bicyclic) bond motifs is 3. The third kappa shape index (κ3) is 4.81. The van der Waals surface area contributed by atoms with Crippen molar-refractivity contribution in [3.8, 4) is 23.7 Å². The van der Waals surface area contributed by atoms with E-state index in [4.69, 9.17) is 21.3 Å². The quantitative estimate of drug-likeness (QED) is 0.475. The molecule has 2 aliphatic carbocycles. The molecule has 2 saturated carbocycles. The van der Waals surface area contributed by atoms with Crippen molar-refractivity contribution in [2.75, 3.05) is 13.1 Å². The van der Waals surface area contributed by atoms with Crippen LogP contribution in [0.4, 0.5) is 0 Å². The Balaban J connectivity index is 1.00. The van der Waals surface area contributed by atoms with Crippen molar-refractivity contribution in [3.05, 3.63) is 57.9 Å². The molecule has 224 valence electrons. The van der Waals surface area contributed by atoms with Crippen LogP contribution in [0.2, 0.25) is 5.02 Å². The van der Waals surface area contributed by atoms with Crippen LogP contribution in [0, 0.1) is 39.9 Å². The summed E-state index contributed by atoms with van der Waals surface area (Å²) >= 11 is 6.26. The highest BCUT2D eigenvalue weighted by Gasteiger charge is 2.67. The number of pyridine rings is 1. The van der Waals surface area contributed by atoms with Crippen molar-refractivity contribution in [2.24, 2.45) is 16.7 Å². The van der Waals surface area contributed by atoms with Crippen molar-refractivity contribution in [1.82, 2.24) is 20.1 Å². The Labute approximate surface area is 259 Å². The van der Waals surface area contributed by atoms with E-state index in [1.807, 2.05) is 17.0 Å². The number of nitriles is 1. The number of aromatic nitrogens is 1. The summed E-state index contributed by atoms with van der Waals surface area (Å²) in [6.45, 7) is 11.5. The second kappa shape index (κ2) is 10.5. The van der Waals surface area contributed by atoms with Gasteiger partial charge in [-0.25, -0.2) is 4.98 Å². The number of ether oxygens (including phenoxy) is 1. The number of rotatable bonds is 4. The van der Waals surface area contributed by atoms with Crippen LogP contribution >= 0.6 is 11.6 Å². The smallest absolute Gasteiger partial charge is 0.256 e. The Morgan fingerprint density at radius 2 is 1.84 bits per heavy atom. The van der Waals surface area contributed by atoms with Crippen molar-refractivity contribution in [1.29, 1.82) is 5.26 Å². The molecule has 2 atom stereocenters. The third-order valence-electron chi connectivity index (χ3n) is 10.8. The predicted octanol–water partition coefficient (Wildman–Crippen LogP) is 5.40. The fourth-order valence-corrected chi connectivity index (χ4v) is 9.47. The van der Waals surface area contributed by atoms with E-state index in [0.29, 0.717) is 40.4 Å². The standard InChI is InChI=1S/C35H40ClN5O2/c1-34(2)32(35(3,4)33(34)43-27-13-8-22(17-37)29(36)16-27)41-20-30-28(31(41)42)14-10-23(39-30)9-5-21-6-11-25(12-7-21)40-19-24-15-26(40)18-38-24/h8,10,13-14,16,21,24-26,32-33,38H,6-7,11-12,15,18-20H2,1-4H3. The Morgan fingerprint density at radius 1 is 1.07 bits per heavy atom. The van der Waals surface area contributed by atoms with Gasteiger partial charge in [-0.15, -0.1) is 0 Å². The molecule has 2 bridgehead atoms. The summed E-state index contributed by atoms with van der Waals surface area (Å²) in [7, 11) is 0. The zero-order valence-electron chi connectivity index (χ0n) is 25.5. The molecule has 0 spiro atoms. The molecule has 2 unspecified atom stereocenters. The highest BCUT2D eigenvalue weighted by Crippen LogP contribution is 2.59. The van der Waals surface area contributed by atoms with E-state index in [9.17, 15) is 10.1 Å². The number of amides is 1. The molecule has 5 aliphatic rings. The maximum Gasteiger partial charge on any atom is 0.256 e. The summed E-state index contributed by atoms with van der Waals surface area (Å²) in [5.41, 5.74) is 2.04. The SMILES string of the molecule is CC1(C)C(Oc2ccc(C#N)c(Cl)c2)C(C)(C)C1N1Cc2nc(C#CC3CCC(N4CC5CC4CN5)CC3)ccc2C1=O. The number of piperazine rings is 1. The Kier molecular flexibility index (Phi) is 7.01. The zero-order valence-corrected chi connectivity index (χ0v) is 26.2. The largest absolute Gasteiger partial charge is 0.489 e. The molecule has 2 aromatic rings. The van der Waals surface area contributed by atoms with E-state index in [-0.39, 0.29) is 28.9 Å². The molecule has 1 N–H and O–H groups in total. The van der Waals surface area contributed by atoms with Crippen LogP contribution in [0.1, 0.15) is 87.1 Å². The van der Waals surface area contributed by atoms with Gasteiger partial charge in [0.25, 0.3) is 5.91 Å². The lowest BCUT2D eigenvalue weighted by Gasteiger charge is -2.65. The highest BCUT2D eigenvalue weighted by atomic mass is 35.5. The predicted molar refractivity (Wildman–Crippen MR) is 166 cm³/mol. The molecule has 1 amide bonds. The fraction of sp³-hybridized carbons (Fsp3) is 0.571. The number of likely N-dealkylation sites (tertiary alicyclic amines) is 1. The highest BCUT2D eigenvalue weighted by molar-refractivity contribution is 6.31. The van der Waals surface area contributed by atoms with Gasteiger partial charge >= 0.3 is 0 Å². The van der Waals surface area contributed by atoms with Crippen molar-refractivity contribution in [3.63, 3.8) is 0 Å². The minimum atomic E-state index is -0.311. The molecular weight excluding hydrogens is 558 g/mol. The summed E-state index contributed by atoms with van der Waals surface area (Å²) in [6, 6.07) is 13.2. The minimum absolute atomic E-state index is 0.0252. The van der Waals surface area contributed by atoms with Crippen LogP contribution in [0.15, 0.2) is 30.3 Å². The molecule has 3 aliphatic heterocycles. The van der Waals surface area contributed by atoms with E-state index in [1.165, 1.54) is 25.8 Å². The minimum Gasteiger partial charge on any atom is -0.489 e. The molecule has 4 heterocycles. The van der Waals surface area contributed by atoms with E-state index < -0.39 is 0 Å². The lowest BCUT2D eigenvalue weighted by molar-refractivity contribution is -0.199. The van der Waals surface area contributed by atoms with Gasteiger partial charge in [-0.2, -0.15) is 5.26 Å². The van der Waals surface area contributed by atoms with Gasteiger partial charge in [-0.1, -0.05) is 45.2 Å². The fourth-order valence-electron chi connectivity index (χ4n) is 9.26. The topological polar surface area (TPSA) is 81.5 Å². The molecule has 0 radical (unpaired) electrons. The van der Waals surface area contributed by atoms with Crippen LogP contribution in [0.3, 0.4) is 0 Å². The summed E-state index contributed by atoms with van der Waals surface area (Å²) in [6.07, 6.45) is 5.95. The summed E-state index contributed by atoms with van der Waals surface area (Å²) in [5, 5.41) is 13.2. The molecule has 7 nitrogen and oxygen atoms in total. The van der Waals surface area contributed by atoms with Crippen LogP contribution < -0.4 is 10.1 Å². The van der Waals surface area contributed by atoms with Crippen molar-refractivity contribution < 1.29 is 9.53 Å². The van der Waals surface area contributed by atoms with E-state index in [1.54, 1.807) is 18.2 Å². The Morgan fingerprint density at radius 3 is 2.49 bits per heavy atom. The second-order valence-corrected chi connectivity index (χ2v) is 14.8. The van der Waals surface area contributed by atoms with E-state index in [0.717, 1.165) is 42.9 Å². The molecule has 1 aromatic carbocycles. The summed E-state index contributed by atoms with van der Waals surface area (Å²) in [5.74, 6) is 7.95. The monoisotopic (exact) mass is 597 g/mol. The van der Waals surface area contributed by atoms with Gasteiger partial charge in [0.05, 0.1) is 28.4 Å². The Hall–Kier alpha value is -3.10. The van der Waals surface area contributed by atoms with E-state index in [2.05, 4.69) is 55.8 Å². The van der Waals surface area contributed by atoms with Gasteiger partial charge in [0, 0.05) is 60.1 Å². The summed E-state index contributed by atoms with van der Waals surface area (Å²) in [4.78, 5) is 23.2. The molecular formula is C35H40ClN5O2. The number of benzene rings is 1. The number of halogens is 1. The first-order valence-corrected chi connectivity index (χ1v) is 16.1. The first kappa shape index (κ1) is 28.7. The maximum atomic E-state index is 13.6. The molecule has 2 saturated heterocycles. The van der Waals surface area contributed by atoms with Crippen LogP contribution in [0.25, 0.3) is 0 Å². The molecule has 1 aromatic heterocycles. The van der Waals surface area contributed by atoms with Crippen LogP contribution in [-0.4, -0.2) is 64.1 Å². The zero-order chi connectivity index (χ0) is 30.1. The lowest BCUT2D eigenvalue weighted by atomic mass is 9.49. The number of hydrogen-bond donors (Lipinski definition) is 1. The first-order valence-electron chi connectivity index (χ1n) is 15.7. The van der Waals surface area contributed by atoms with E-state index >= 15 is 0 Å². The summed E-state index contributed by atoms with van der Waals surface area (Å²) < 4.78 is 6.45. The van der Waals surface area contributed by atoms with Gasteiger partial charge in [0.15, 0.2) is 0 Å². The maximum absolute atomic E-state index is 13.6. The molecule has 4 fully saturated rings. The second-order valence-electron chi connectivity index (χ2n) is 14.4. The third-order valence-corrected chi connectivity index (χ3v) is 11.2. The van der Waals surface area contributed by atoms with Crippen LogP contribution in [0.5, 0.6) is 5.75 Å². The Bertz CT molecular complexity index is 1540. The normalized spacial score (nSPS) is 32.0. The number of hydrogen-bond acceptors (Lipinski definition) is 6. The lowest BCUT2D eigenvalue weighted by Crippen LogP contribution is -2.74. The van der Waals surface area contributed by atoms with Crippen molar-refractivity contribution >= 4 is 17.5 Å². The number of nitrogens with zero attached hydrogens (tertiary/aromatic N) is 4. The van der Waals surface area contributed by atoms with Crippen LogP contribution in [-0.2, 0) is 6.54 Å². The molecule has 43 heavy (non-hydrogen) atoms. The molecule has 8 heteroatoms. The van der Waals surface area contributed by atoms with Gasteiger partial charge in [-0.3, -0.25) is 9.69 Å². The number of carbonyl (C=O) groups is 1. The van der Waals surface area contributed by atoms with Gasteiger partial charge in [0.1, 0.15) is 23.6 Å². The number of carbonyl (C=O) groups excluding carboxylic acids is 1. The molecule has 7 rings (SSSR count).